The summed E-state index contributed by atoms with van der Waals surface area (Å²) >= 11 is 1.19. The minimum atomic E-state index is -3.54. The third kappa shape index (κ3) is 3.92. The van der Waals surface area contributed by atoms with Crippen LogP contribution in [0.15, 0.2) is 52.1 Å². The first-order chi connectivity index (χ1) is 11.1. The van der Waals surface area contributed by atoms with E-state index < -0.39 is 15.1 Å². The van der Waals surface area contributed by atoms with Gasteiger partial charge in [-0.2, -0.15) is 0 Å². The Morgan fingerprint density at radius 1 is 1.17 bits per heavy atom. The summed E-state index contributed by atoms with van der Waals surface area (Å²) < 4.78 is 26.1. The van der Waals surface area contributed by atoms with Crippen molar-refractivity contribution in [3.8, 4) is 0 Å². The molecule has 0 saturated heterocycles. The molecule has 0 bridgehead atoms. The number of thiophene rings is 1. The van der Waals surface area contributed by atoms with E-state index in [0.29, 0.717) is 9.77 Å². The largest absolute Gasteiger partial charge is 0.336 e. The lowest BCUT2D eigenvalue weighted by Crippen LogP contribution is -2.40. The topological polar surface area (TPSA) is 75.3 Å². The lowest BCUT2D eigenvalue weighted by Gasteiger charge is -2.18. The number of carbonyl (C=O) groups excluding carboxylic acids is 1. The lowest BCUT2D eigenvalue weighted by molar-refractivity contribution is 0.240. The molecule has 1 aliphatic carbocycles. The zero-order chi connectivity index (χ0) is 16.3. The van der Waals surface area contributed by atoms with Crippen molar-refractivity contribution >= 4 is 27.2 Å². The van der Waals surface area contributed by atoms with Crippen LogP contribution in [0.3, 0.4) is 0 Å². The van der Waals surface area contributed by atoms with E-state index in [2.05, 4.69) is 10.6 Å². The first kappa shape index (κ1) is 16.0. The molecule has 1 heterocycles. The standard InChI is InChI=1S/C16H18N2O3S2/c19-16(18-13-8-9-13)17-11-14(12-5-2-1-3-6-12)23(20,21)15-7-4-10-22-15/h1-7,10,13-14H,8-9,11H2,(H2,17,18,19). The van der Waals surface area contributed by atoms with E-state index in [0.717, 1.165) is 12.8 Å². The number of urea groups is 1. The Kier molecular flexibility index (Phi) is 4.68. The van der Waals surface area contributed by atoms with Crippen molar-refractivity contribution in [1.82, 2.24) is 10.6 Å². The summed E-state index contributed by atoms with van der Waals surface area (Å²) in [5.41, 5.74) is 0.674. The van der Waals surface area contributed by atoms with Gasteiger partial charge in [0.15, 0.2) is 9.84 Å². The highest BCUT2D eigenvalue weighted by Crippen LogP contribution is 2.31. The van der Waals surface area contributed by atoms with Crippen molar-refractivity contribution in [2.45, 2.75) is 28.3 Å². The zero-order valence-corrected chi connectivity index (χ0v) is 14.1. The van der Waals surface area contributed by atoms with Crippen LogP contribution in [0.4, 0.5) is 4.79 Å². The third-order valence-electron chi connectivity index (χ3n) is 3.68. The highest BCUT2D eigenvalue weighted by Gasteiger charge is 2.31. The van der Waals surface area contributed by atoms with Crippen molar-refractivity contribution in [2.24, 2.45) is 0 Å². The molecule has 0 spiro atoms. The molecule has 23 heavy (non-hydrogen) atoms. The molecule has 1 fully saturated rings. The first-order valence-electron chi connectivity index (χ1n) is 7.44. The van der Waals surface area contributed by atoms with Crippen LogP contribution in [0, 0.1) is 0 Å². The molecule has 1 unspecified atom stereocenters. The minimum Gasteiger partial charge on any atom is -0.336 e. The second-order valence-corrected chi connectivity index (χ2v) is 8.81. The molecule has 2 amide bonds. The van der Waals surface area contributed by atoms with E-state index >= 15 is 0 Å². The maximum Gasteiger partial charge on any atom is 0.315 e. The van der Waals surface area contributed by atoms with Gasteiger partial charge in [-0.1, -0.05) is 36.4 Å². The number of benzene rings is 1. The van der Waals surface area contributed by atoms with Crippen LogP contribution in [0.2, 0.25) is 0 Å². The summed E-state index contributed by atoms with van der Waals surface area (Å²) in [6.45, 7) is 0.0444. The molecule has 2 aromatic rings. The Morgan fingerprint density at radius 2 is 1.91 bits per heavy atom. The number of hydrogen-bond donors (Lipinski definition) is 2. The highest BCUT2D eigenvalue weighted by molar-refractivity contribution is 7.93. The second kappa shape index (κ2) is 6.72. The van der Waals surface area contributed by atoms with Crippen LogP contribution < -0.4 is 10.6 Å². The molecule has 1 aromatic carbocycles. The lowest BCUT2D eigenvalue weighted by atomic mass is 10.1. The zero-order valence-electron chi connectivity index (χ0n) is 12.4. The van der Waals surface area contributed by atoms with E-state index in [1.54, 1.807) is 41.8 Å². The van der Waals surface area contributed by atoms with Gasteiger partial charge in [-0.25, -0.2) is 13.2 Å². The van der Waals surface area contributed by atoms with Crippen LogP contribution in [0.1, 0.15) is 23.7 Å². The van der Waals surface area contributed by atoms with Gasteiger partial charge in [-0.05, 0) is 29.9 Å². The van der Waals surface area contributed by atoms with Crippen molar-refractivity contribution < 1.29 is 13.2 Å². The van der Waals surface area contributed by atoms with Crippen LogP contribution in [0.5, 0.6) is 0 Å². The molecule has 1 aliphatic rings. The van der Waals surface area contributed by atoms with Gasteiger partial charge in [0, 0.05) is 12.6 Å². The Balaban J connectivity index is 1.80. The smallest absolute Gasteiger partial charge is 0.315 e. The number of rotatable bonds is 6. The van der Waals surface area contributed by atoms with E-state index in [9.17, 15) is 13.2 Å². The molecule has 122 valence electrons. The third-order valence-corrected chi connectivity index (χ3v) is 7.21. The van der Waals surface area contributed by atoms with Gasteiger partial charge in [0.2, 0.25) is 0 Å². The van der Waals surface area contributed by atoms with E-state index in [1.165, 1.54) is 11.3 Å². The average Bonchev–Trinajstić information content (AvgIpc) is 3.16. The fourth-order valence-corrected chi connectivity index (χ4v) is 5.16. The van der Waals surface area contributed by atoms with Crippen LogP contribution >= 0.6 is 11.3 Å². The van der Waals surface area contributed by atoms with Gasteiger partial charge < -0.3 is 10.6 Å². The predicted octanol–water partition coefficient (Wildman–Crippen LogP) is 2.72. The number of hydrogen-bond acceptors (Lipinski definition) is 4. The van der Waals surface area contributed by atoms with Gasteiger partial charge in [-0.15, -0.1) is 11.3 Å². The Hall–Kier alpha value is -1.86. The number of amides is 2. The predicted molar refractivity (Wildman–Crippen MR) is 90.2 cm³/mol. The number of sulfone groups is 1. The number of carbonyl (C=O) groups is 1. The normalized spacial score (nSPS) is 15.8. The van der Waals surface area contributed by atoms with Crippen LogP contribution in [-0.4, -0.2) is 27.0 Å². The monoisotopic (exact) mass is 350 g/mol. The SMILES string of the molecule is O=C(NCC(c1ccccc1)S(=O)(=O)c1cccs1)NC1CC1. The molecular weight excluding hydrogens is 332 g/mol. The summed E-state index contributed by atoms with van der Waals surface area (Å²) in [6, 6.07) is 12.2. The van der Waals surface area contributed by atoms with Gasteiger partial charge >= 0.3 is 6.03 Å². The van der Waals surface area contributed by atoms with Gasteiger partial charge in [0.25, 0.3) is 0 Å². The van der Waals surface area contributed by atoms with E-state index in [1.807, 2.05) is 6.07 Å². The molecule has 0 radical (unpaired) electrons. The van der Waals surface area contributed by atoms with E-state index in [-0.39, 0.29) is 18.6 Å². The minimum absolute atomic E-state index is 0.0444. The van der Waals surface area contributed by atoms with Crippen LogP contribution in [0.25, 0.3) is 0 Å². The van der Waals surface area contributed by atoms with Crippen molar-refractivity contribution in [1.29, 1.82) is 0 Å². The second-order valence-electron chi connectivity index (χ2n) is 5.51. The summed E-state index contributed by atoms with van der Waals surface area (Å²) in [7, 11) is -3.54. The molecule has 0 aliphatic heterocycles. The molecule has 1 aromatic heterocycles. The van der Waals surface area contributed by atoms with Gasteiger partial charge in [-0.3, -0.25) is 0 Å². The molecule has 3 rings (SSSR count). The summed E-state index contributed by atoms with van der Waals surface area (Å²) in [5.74, 6) is 0. The fraction of sp³-hybridized carbons (Fsp3) is 0.312. The summed E-state index contributed by atoms with van der Waals surface area (Å²) in [6.07, 6.45) is 1.98. The molecule has 2 N–H and O–H groups in total. The van der Waals surface area contributed by atoms with Crippen molar-refractivity contribution in [3.63, 3.8) is 0 Å². The maximum absolute atomic E-state index is 12.9. The molecule has 7 heteroatoms. The highest BCUT2D eigenvalue weighted by atomic mass is 32.2. The molecule has 5 nitrogen and oxygen atoms in total. The van der Waals surface area contributed by atoms with Gasteiger partial charge in [0.05, 0.1) is 0 Å². The van der Waals surface area contributed by atoms with Crippen molar-refractivity contribution in [2.75, 3.05) is 6.54 Å². The quantitative estimate of drug-likeness (QED) is 0.841. The maximum atomic E-state index is 12.9. The molecule has 1 saturated carbocycles. The Bertz CT molecular complexity index is 754. The molecule has 1 atom stereocenters. The number of nitrogens with one attached hydrogen (secondary N) is 2. The summed E-state index contributed by atoms with van der Waals surface area (Å²) in [5, 5.41) is 6.44. The summed E-state index contributed by atoms with van der Waals surface area (Å²) in [4.78, 5) is 11.8. The molecular formula is C16H18N2O3S2. The van der Waals surface area contributed by atoms with Crippen LogP contribution in [-0.2, 0) is 9.84 Å². The average molecular weight is 350 g/mol. The fourth-order valence-electron chi connectivity index (χ4n) is 2.29. The van der Waals surface area contributed by atoms with Gasteiger partial charge in [0.1, 0.15) is 9.46 Å². The first-order valence-corrected chi connectivity index (χ1v) is 9.86. The Morgan fingerprint density at radius 3 is 2.52 bits per heavy atom. The van der Waals surface area contributed by atoms with Crippen molar-refractivity contribution in [3.05, 3.63) is 53.4 Å². The Labute approximate surface area is 139 Å². The van der Waals surface area contributed by atoms with E-state index in [4.69, 9.17) is 0 Å².